The van der Waals surface area contributed by atoms with Gasteiger partial charge in [0.2, 0.25) is 0 Å². The third-order valence-corrected chi connectivity index (χ3v) is 2.09. The fourth-order valence-electron chi connectivity index (χ4n) is 1.07. The van der Waals surface area contributed by atoms with E-state index in [4.69, 9.17) is 5.11 Å². The summed E-state index contributed by atoms with van der Waals surface area (Å²) in [6.45, 7) is 10.8. The first-order valence-electron chi connectivity index (χ1n) is 4.81. The van der Waals surface area contributed by atoms with Crippen molar-refractivity contribution in [1.82, 2.24) is 10.2 Å². The normalized spacial score (nSPS) is 13.8. The zero-order valence-electron chi connectivity index (χ0n) is 8.51. The van der Waals surface area contributed by atoms with Gasteiger partial charge in [-0.2, -0.15) is 0 Å². The van der Waals surface area contributed by atoms with Gasteiger partial charge in [0.05, 0.1) is 6.61 Å². The van der Waals surface area contributed by atoms with Crippen molar-refractivity contribution >= 4 is 0 Å². The Morgan fingerprint density at radius 3 is 2.33 bits per heavy atom. The van der Waals surface area contributed by atoms with E-state index in [9.17, 15) is 0 Å². The first-order chi connectivity index (χ1) is 5.74. The van der Waals surface area contributed by atoms with Crippen LogP contribution in [0.5, 0.6) is 0 Å². The largest absolute Gasteiger partial charge is 0.395 e. The van der Waals surface area contributed by atoms with Crippen LogP contribution in [0.25, 0.3) is 0 Å². The smallest absolute Gasteiger partial charge is 0.0581 e. The Labute approximate surface area is 75.8 Å². The quantitative estimate of drug-likeness (QED) is 0.582. The van der Waals surface area contributed by atoms with Crippen molar-refractivity contribution in [3.63, 3.8) is 0 Å². The highest BCUT2D eigenvalue weighted by molar-refractivity contribution is 4.60. The highest BCUT2D eigenvalue weighted by Crippen LogP contribution is 1.85. The molecule has 0 amide bonds. The van der Waals surface area contributed by atoms with Crippen LogP contribution in [-0.2, 0) is 0 Å². The SMILES string of the molecule is CCN(CC)CCNC(C)CO. The lowest BCUT2D eigenvalue weighted by atomic mass is 10.3. The van der Waals surface area contributed by atoms with Gasteiger partial charge in [-0.15, -0.1) is 0 Å². The minimum Gasteiger partial charge on any atom is -0.395 e. The second kappa shape index (κ2) is 7.53. The molecule has 0 aromatic rings. The van der Waals surface area contributed by atoms with Crippen LogP contribution >= 0.6 is 0 Å². The predicted octanol–water partition coefficient (Wildman–Crippen LogP) is 0.299. The minimum absolute atomic E-state index is 0.220. The van der Waals surface area contributed by atoms with Crippen molar-refractivity contribution in [1.29, 1.82) is 0 Å². The lowest BCUT2D eigenvalue weighted by Crippen LogP contribution is -2.37. The molecule has 2 N–H and O–H groups in total. The maximum absolute atomic E-state index is 8.74. The Morgan fingerprint density at radius 2 is 1.92 bits per heavy atom. The van der Waals surface area contributed by atoms with Gasteiger partial charge in [0.1, 0.15) is 0 Å². The Balaban J connectivity index is 3.28. The van der Waals surface area contributed by atoms with Gasteiger partial charge < -0.3 is 15.3 Å². The summed E-state index contributed by atoms with van der Waals surface area (Å²) in [6.07, 6.45) is 0. The molecule has 12 heavy (non-hydrogen) atoms. The molecule has 1 unspecified atom stereocenters. The number of nitrogens with zero attached hydrogens (tertiary/aromatic N) is 1. The molecule has 74 valence electrons. The molecule has 0 bridgehead atoms. The fraction of sp³-hybridized carbons (Fsp3) is 1.00. The van der Waals surface area contributed by atoms with E-state index in [-0.39, 0.29) is 12.6 Å². The highest BCUT2D eigenvalue weighted by atomic mass is 16.3. The average molecular weight is 174 g/mol. The summed E-state index contributed by atoms with van der Waals surface area (Å²) in [5.41, 5.74) is 0. The molecule has 0 fully saturated rings. The number of rotatable bonds is 7. The van der Waals surface area contributed by atoms with E-state index in [1.54, 1.807) is 0 Å². The van der Waals surface area contributed by atoms with E-state index in [1.165, 1.54) is 0 Å². The molecule has 0 rings (SSSR count). The molecule has 1 atom stereocenters. The molecular formula is C9H22N2O. The Kier molecular flexibility index (Phi) is 7.45. The maximum atomic E-state index is 8.74. The number of aliphatic hydroxyl groups excluding tert-OH is 1. The zero-order valence-corrected chi connectivity index (χ0v) is 8.51. The molecule has 3 heteroatoms. The molecule has 0 aliphatic carbocycles. The minimum atomic E-state index is 0.220. The molecule has 0 aromatic heterocycles. The number of nitrogens with one attached hydrogen (secondary N) is 1. The van der Waals surface area contributed by atoms with Gasteiger partial charge in [-0.3, -0.25) is 0 Å². The van der Waals surface area contributed by atoms with Gasteiger partial charge in [-0.1, -0.05) is 13.8 Å². The lowest BCUT2D eigenvalue weighted by Gasteiger charge is -2.19. The van der Waals surface area contributed by atoms with Gasteiger partial charge in [0.15, 0.2) is 0 Å². The Bertz CT molecular complexity index is 94.5. The van der Waals surface area contributed by atoms with Crippen molar-refractivity contribution in [2.45, 2.75) is 26.8 Å². The fourth-order valence-corrected chi connectivity index (χ4v) is 1.07. The summed E-state index contributed by atoms with van der Waals surface area (Å²) in [7, 11) is 0. The van der Waals surface area contributed by atoms with E-state index in [0.29, 0.717) is 0 Å². The van der Waals surface area contributed by atoms with Gasteiger partial charge in [0, 0.05) is 19.1 Å². The van der Waals surface area contributed by atoms with Crippen molar-refractivity contribution in [2.75, 3.05) is 32.8 Å². The lowest BCUT2D eigenvalue weighted by molar-refractivity contribution is 0.240. The van der Waals surface area contributed by atoms with E-state index in [2.05, 4.69) is 24.1 Å². The standard InChI is InChI=1S/C9H22N2O/c1-4-11(5-2)7-6-10-9(3)8-12/h9-10,12H,4-8H2,1-3H3. The average Bonchev–Trinajstić information content (AvgIpc) is 2.12. The molecule has 0 heterocycles. The van der Waals surface area contributed by atoms with Crippen molar-refractivity contribution < 1.29 is 5.11 Å². The molecule has 0 aromatic carbocycles. The summed E-state index contributed by atoms with van der Waals surface area (Å²) in [5, 5.41) is 12.0. The van der Waals surface area contributed by atoms with Crippen LogP contribution < -0.4 is 5.32 Å². The van der Waals surface area contributed by atoms with Crippen LogP contribution in [0, 0.1) is 0 Å². The second-order valence-electron chi connectivity index (χ2n) is 3.06. The zero-order chi connectivity index (χ0) is 9.40. The van der Waals surface area contributed by atoms with Gasteiger partial charge >= 0.3 is 0 Å². The first kappa shape index (κ1) is 11.9. The third-order valence-electron chi connectivity index (χ3n) is 2.09. The van der Waals surface area contributed by atoms with Crippen LogP contribution in [0.1, 0.15) is 20.8 Å². The molecule has 0 saturated carbocycles. The van der Waals surface area contributed by atoms with Gasteiger partial charge in [-0.05, 0) is 20.0 Å². The van der Waals surface area contributed by atoms with E-state index >= 15 is 0 Å². The first-order valence-corrected chi connectivity index (χ1v) is 4.81. The molecule has 3 nitrogen and oxygen atoms in total. The summed E-state index contributed by atoms with van der Waals surface area (Å²) >= 11 is 0. The second-order valence-corrected chi connectivity index (χ2v) is 3.06. The molecule has 0 radical (unpaired) electrons. The highest BCUT2D eigenvalue weighted by Gasteiger charge is 2.00. The molecule has 0 aliphatic rings. The number of likely N-dealkylation sites (N-methyl/N-ethyl adjacent to an activating group) is 1. The van der Waals surface area contributed by atoms with Gasteiger partial charge in [-0.25, -0.2) is 0 Å². The van der Waals surface area contributed by atoms with Crippen LogP contribution in [0.15, 0.2) is 0 Å². The molecule has 0 saturated heterocycles. The van der Waals surface area contributed by atoms with Crippen molar-refractivity contribution in [3.8, 4) is 0 Å². The molecule has 0 aliphatic heterocycles. The molecule has 0 spiro atoms. The molecular weight excluding hydrogens is 152 g/mol. The third kappa shape index (κ3) is 5.52. The monoisotopic (exact) mass is 174 g/mol. The Hall–Kier alpha value is -0.120. The van der Waals surface area contributed by atoms with E-state index in [0.717, 1.165) is 26.2 Å². The van der Waals surface area contributed by atoms with Crippen molar-refractivity contribution in [3.05, 3.63) is 0 Å². The summed E-state index contributed by atoms with van der Waals surface area (Å²) in [6, 6.07) is 0.223. The van der Waals surface area contributed by atoms with Crippen LogP contribution in [-0.4, -0.2) is 48.8 Å². The summed E-state index contributed by atoms with van der Waals surface area (Å²) < 4.78 is 0. The topological polar surface area (TPSA) is 35.5 Å². The van der Waals surface area contributed by atoms with Crippen LogP contribution in [0.3, 0.4) is 0 Å². The van der Waals surface area contributed by atoms with E-state index < -0.39 is 0 Å². The van der Waals surface area contributed by atoms with Crippen LogP contribution in [0.2, 0.25) is 0 Å². The predicted molar refractivity (Wildman–Crippen MR) is 52.3 cm³/mol. The number of hydrogen-bond donors (Lipinski definition) is 2. The number of aliphatic hydroxyl groups is 1. The maximum Gasteiger partial charge on any atom is 0.0581 e. The van der Waals surface area contributed by atoms with Gasteiger partial charge in [0.25, 0.3) is 0 Å². The van der Waals surface area contributed by atoms with Crippen LogP contribution in [0.4, 0.5) is 0 Å². The summed E-state index contributed by atoms with van der Waals surface area (Å²) in [4.78, 5) is 2.36. The van der Waals surface area contributed by atoms with E-state index in [1.807, 2.05) is 6.92 Å². The number of hydrogen-bond acceptors (Lipinski definition) is 3. The van der Waals surface area contributed by atoms with Crippen molar-refractivity contribution in [2.24, 2.45) is 0 Å². The summed E-state index contributed by atoms with van der Waals surface area (Å²) in [5.74, 6) is 0. The Morgan fingerprint density at radius 1 is 1.33 bits per heavy atom.